The van der Waals surface area contributed by atoms with E-state index in [1.54, 1.807) is 12.1 Å². The fourth-order valence-electron chi connectivity index (χ4n) is 6.37. The molecule has 7 rings (SSSR count). The summed E-state index contributed by atoms with van der Waals surface area (Å²) in [6.07, 6.45) is -21.8. The van der Waals surface area contributed by atoms with Crippen LogP contribution in [0.15, 0.2) is 97.1 Å². The van der Waals surface area contributed by atoms with Gasteiger partial charge < -0.3 is 9.05 Å². The topological polar surface area (TPSA) is 55.8 Å². The SMILES string of the molecule is O=P1(O)Oc2ccc3ccccc3c2-c2c(c(-c3cc(C(F)(F)F)cc(C(F)(F)F)c3)c(-c3cc(C(F)(F)F)cc(C(F)(F)F)c3)c3ccccc23)O1. The van der Waals surface area contributed by atoms with Crippen LogP contribution in [0, 0.1) is 0 Å². The van der Waals surface area contributed by atoms with Gasteiger partial charge >= 0.3 is 32.5 Å². The number of alkyl halides is 12. The molecule has 0 aliphatic carbocycles. The highest BCUT2D eigenvalue weighted by atomic mass is 31.2. The summed E-state index contributed by atoms with van der Waals surface area (Å²) in [5, 5.41) is 0.366. The van der Waals surface area contributed by atoms with Gasteiger partial charge in [-0.15, -0.1) is 0 Å². The summed E-state index contributed by atoms with van der Waals surface area (Å²) in [7, 11) is -5.47. The van der Waals surface area contributed by atoms with Gasteiger partial charge in [0.2, 0.25) is 0 Å². The van der Waals surface area contributed by atoms with Gasteiger partial charge in [0, 0.05) is 22.3 Å². The van der Waals surface area contributed by atoms with Crippen LogP contribution < -0.4 is 9.05 Å². The molecule has 0 saturated carbocycles. The standard InChI is InChI=1S/C36H17F12O4P/c37-33(38,39)20-11-18(12-21(15-20)34(40,41)42)28-25-7-3-4-8-26(25)31-30-24-6-2-1-5-17(24)9-10-27(30)51-53(49,50)52-32(31)29(28)19-13-22(35(43,44)45)16-23(14-19)36(46,47)48/h1-16H,(H,49,50). The van der Waals surface area contributed by atoms with Gasteiger partial charge in [0.15, 0.2) is 0 Å². The molecule has 1 aliphatic rings. The number of phosphoric ester groups is 1. The summed E-state index contributed by atoms with van der Waals surface area (Å²) in [5.41, 5.74) is -11.6. The lowest BCUT2D eigenvalue weighted by atomic mass is 9.82. The molecule has 1 atom stereocenters. The molecule has 0 radical (unpaired) electrons. The first-order chi connectivity index (χ1) is 24.5. The molecule has 0 saturated heterocycles. The van der Waals surface area contributed by atoms with E-state index >= 15 is 0 Å². The van der Waals surface area contributed by atoms with Gasteiger partial charge in [-0.3, -0.25) is 4.89 Å². The molecule has 1 N–H and O–H groups in total. The first-order valence-corrected chi connectivity index (χ1v) is 16.4. The van der Waals surface area contributed by atoms with E-state index in [1.165, 1.54) is 48.5 Å². The van der Waals surface area contributed by atoms with Crippen molar-refractivity contribution in [2.45, 2.75) is 24.7 Å². The molecule has 4 nitrogen and oxygen atoms in total. The lowest BCUT2D eigenvalue weighted by Gasteiger charge is -2.24. The number of halogens is 12. The fourth-order valence-corrected chi connectivity index (χ4v) is 7.22. The maximum atomic E-state index is 14.2. The lowest BCUT2D eigenvalue weighted by Crippen LogP contribution is -2.12. The minimum Gasteiger partial charge on any atom is -0.395 e. The highest BCUT2D eigenvalue weighted by Gasteiger charge is 2.42. The van der Waals surface area contributed by atoms with Crippen LogP contribution in [-0.4, -0.2) is 4.89 Å². The Bertz CT molecular complexity index is 2450. The quantitative estimate of drug-likeness (QED) is 0.141. The molecular formula is C36H17F12O4P. The van der Waals surface area contributed by atoms with Crippen LogP contribution in [0.3, 0.4) is 0 Å². The molecule has 0 spiro atoms. The van der Waals surface area contributed by atoms with E-state index in [-0.39, 0.29) is 69.4 Å². The highest BCUT2D eigenvalue weighted by molar-refractivity contribution is 7.48. The van der Waals surface area contributed by atoms with Gasteiger partial charge in [0.25, 0.3) is 0 Å². The normalized spacial score (nSPS) is 16.5. The van der Waals surface area contributed by atoms with Gasteiger partial charge in [-0.1, -0.05) is 54.6 Å². The number of fused-ring (bicyclic) bond motifs is 7. The molecule has 1 aliphatic heterocycles. The van der Waals surface area contributed by atoms with Gasteiger partial charge in [-0.2, -0.15) is 52.7 Å². The third kappa shape index (κ3) is 6.54. The summed E-state index contributed by atoms with van der Waals surface area (Å²) >= 11 is 0. The Morgan fingerprint density at radius 1 is 0.453 bits per heavy atom. The summed E-state index contributed by atoms with van der Waals surface area (Å²) in [4.78, 5) is 10.9. The molecule has 0 bridgehead atoms. The minimum absolute atomic E-state index is 0.0584. The Morgan fingerprint density at radius 3 is 1.34 bits per heavy atom. The monoisotopic (exact) mass is 772 g/mol. The second kappa shape index (κ2) is 11.9. The highest BCUT2D eigenvalue weighted by Crippen LogP contribution is 2.62. The third-order valence-electron chi connectivity index (χ3n) is 8.48. The van der Waals surface area contributed by atoms with Crippen LogP contribution in [0.5, 0.6) is 11.5 Å². The molecule has 53 heavy (non-hydrogen) atoms. The van der Waals surface area contributed by atoms with Crippen LogP contribution in [0.1, 0.15) is 22.3 Å². The van der Waals surface area contributed by atoms with Gasteiger partial charge in [-0.05, 0) is 75.1 Å². The zero-order valence-electron chi connectivity index (χ0n) is 25.9. The van der Waals surface area contributed by atoms with E-state index < -0.39 is 82.8 Å². The molecule has 0 fully saturated rings. The first-order valence-electron chi connectivity index (χ1n) is 15.0. The van der Waals surface area contributed by atoms with Crippen molar-refractivity contribution in [2.75, 3.05) is 0 Å². The van der Waals surface area contributed by atoms with Crippen LogP contribution in [0.4, 0.5) is 52.7 Å². The number of benzene rings is 6. The number of hydrogen-bond acceptors (Lipinski definition) is 3. The van der Waals surface area contributed by atoms with Crippen molar-refractivity contribution < 1.29 is 71.2 Å². The van der Waals surface area contributed by atoms with Crippen LogP contribution in [0.2, 0.25) is 0 Å². The summed E-state index contributed by atoms with van der Waals surface area (Å²) in [6, 6.07) is 14.5. The molecule has 1 unspecified atom stereocenters. The van der Waals surface area contributed by atoms with Crippen molar-refractivity contribution in [3.05, 3.63) is 119 Å². The average molecular weight is 772 g/mol. The van der Waals surface area contributed by atoms with Crippen molar-refractivity contribution in [1.82, 2.24) is 0 Å². The van der Waals surface area contributed by atoms with Crippen LogP contribution in [-0.2, 0) is 29.3 Å². The molecule has 17 heteroatoms. The van der Waals surface area contributed by atoms with E-state index in [2.05, 4.69) is 0 Å². The average Bonchev–Trinajstić information content (AvgIpc) is 3.18. The van der Waals surface area contributed by atoms with E-state index in [9.17, 15) is 62.1 Å². The predicted octanol–water partition coefficient (Wildman–Crippen LogP) is 12.9. The molecule has 0 amide bonds. The van der Waals surface area contributed by atoms with Crippen molar-refractivity contribution in [1.29, 1.82) is 0 Å². The van der Waals surface area contributed by atoms with E-state index in [0.29, 0.717) is 5.39 Å². The van der Waals surface area contributed by atoms with E-state index in [4.69, 9.17) is 9.05 Å². The van der Waals surface area contributed by atoms with Gasteiger partial charge in [0.05, 0.1) is 22.3 Å². The Hall–Kier alpha value is -5.21. The van der Waals surface area contributed by atoms with E-state index in [0.717, 1.165) is 0 Å². The second-order valence-electron chi connectivity index (χ2n) is 11.9. The molecule has 274 valence electrons. The zero-order valence-corrected chi connectivity index (χ0v) is 26.8. The molecule has 6 aromatic rings. The number of rotatable bonds is 2. The minimum atomic E-state index is -5.47. The summed E-state index contributed by atoms with van der Waals surface area (Å²) in [5.74, 6) is -1.28. The zero-order chi connectivity index (χ0) is 38.5. The number of hydrogen-bond donors (Lipinski definition) is 1. The molecule has 1 heterocycles. The maximum absolute atomic E-state index is 14.2. The first kappa shape index (κ1) is 36.2. The largest absolute Gasteiger partial charge is 0.584 e. The number of phosphoric acid groups is 1. The Morgan fingerprint density at radius 2 is 0.868 bits per heavy atom. The second-order valence-corrected chi connectivity index (χ2v) is 13.2. The Labute approximate surface area is 289 Å². The predicted molar refractivity (Wildman–Crippen MR) is 169 cm³/mol. The van der Waals surface area contributed by atoms with Crippen molar-refractivity contribution in [2.24, 2.45) is 0 Å². The van der Waals surface area contributed by atoms with Crippen molar-refractivity contribution >= 4 is 29.4 Å². The van der Waals surface area contributed by atoms with Gasteiger partial charge in [0.1, 0.15) is 11.5 Å². The van der Waals surface area contributed by atoms with E-state index in [1.807, 2.05) is 0 Å². The lowest BCUT2D eigenvalue weighted by molar-refractivity contribution is -0.144. The summed E-state index contributed by atoms with van der Waals surface area (Å²) < 4.78 is 195. The maximum Gasteiger partial charge on any atom is 0.584 e. The fraction of sp³-hybridized carbons (Fsp3) is 0.111. The van der Waals surface area contributed by atoms with Crippen LogP contribution >= 0.6 is 7.82 Å². The molecule has 0 aromatic heterocycles. The third-order valence-corrected chi connectivity index (χ3v) is 9.32. The van der Waals surface area contributed by atoms with Crippen molar-refractivity contribution in [3.8, 4) is 44.9 Å². The van der Waals surface area contributed by atoms with Crippen LogP contribution in [0.25, 0.3) is 54.9 Å². The smallest absolute Gasteiger partial charge is 0.395 e. The van der Waals surface area contributed by atoms with Gasteiger partial charge in [-0.25, -0.2) is 4.57 Å². The Kier molecular flexibility index (Phi) is 8.12. The molecular weight excluding hydrogens is 755 g/mol. The molecule has 6 aromatic carbocycles. The Balaban J connectivity index is 1.79. The summed E-state index contributed by atoms with van der Waals surface area (Å²) in [6.45, 7) is 0. The van der Waals surface area contributed by atoms with Crippen molar-refractivity contribution in [3.63, 3.8) is 0 Å².